The largest absolute Gasteiger partial charge is 0.494 e. The number of carbonyl (C=O) groups excluding carboxylic acids is 1. The number of anilines is 2. The Morgan fingerprint density at radius 1 is 1.30 bits per heavy atom. The quantitative estimate of drug-likeness (QED) is 0.854. The van der Waals surface area contributed by atoms with Gasteiger partial charge in [0.15, 0.2) is 0 Å². The lowest BCUT2D eigenvalue weighted by Gasteiger charge is -2.11. The van der Waals surface area contributed by atoms with E-state index in [1.807, 2.05) is 0 Å². The van der Waals surface area contributed by atoms with E-state index in [0.29, 0.717) is 17.1 Å². The number of hydrogen-bond donors (Lipinski definition) is 2. The molecule has 0 aromatic heterocycles. The number of halogens is 2. The maximum absolute atomic E-state index is 13.2. The van der Waals surface area contributed by atoms with Crippen molar-refractivity contribution < 1.29 is 13.9 Å². The van der Waals surface area contributed by atoms with Crippen LogP contribution in [0.2, 0.25) is 5.02 Å². The summed E-state index contributed by atoms with van der Waals surface area (Å²) < 4.78 is 18.3. The van der Waals surface area contributed by atoms with Gasteiger partial charge in [-0.1, -0.05) is 11.6 Å². The van der Waals surface area contributed by atoms with Crippen molar-refractivity contribution in [3.63, 3.8) is 0 Å². The number of nitrogens with one attached hydrogen (secondary N) is 1. The van der Waals surface area contributed by atoms with Gasteiger partial charge in [0.1, 0.15) is 11.6 Å². The average molecular weight is 295 g/mol. The lowest BCUT2D eigenvalue weighted by molar-refractivity contribution is 0.102. The standard InChI is InChI=1S/C14H12ClFN2O2/c1-20-13-7-11(17)2-3-12(13)18-14(19)8-4-9(15)6-10(16)5-8/h2-7H,17H2,1H3,(H,18,19). The number of amides is 1. The van der Waals surface area contributed by atoms with E-state index < -0.39 is 11.7 Å². The summed E-state index contributed by atoms with van der Waals surface area (Å²) >= 11 is 5.72. The Labute approximate surface area is 120 Å². The number of nitrogen functional groups attached to an aromatic ring is 1. The first kappa shape index (κ1) is 14.1. The first-order chi connectivity index (χ1) is 9.49. The van der Waals surface area contributed by atoms with Crippen molar-refractivity contribution in [2.75, 3.05) is 18.2 Å². The lowest BCUT2D eigenvalue weighted by Crippen LogP contribution is -2.13. The zero-order valence-corrected chi connectivity index (χ0v) is 11.4. The molecule has 0 aliphatic carbocycles. The van der Waals surface area contributed by atoms with Crippen molar-refractivity contribution in [1.82, 2.24) is 0 Å². The van der Waals surface area contributed by atoms with Gasteiger partial charge in [0.05, 0.1) is 12.8 Å². The number of hydrogen-bond acceptors (Lipinski definition) is 3. The predicted octanol–water partition coefficient (Wildman–Crippen LogP) is 3.32. The van der Waals surface area contributed by atoms with Crippen LogP contribution in [0, 0.1) is 5.82 Å². The molecule has 0 radical (unpaired) electrons. The minimum Gasteiger partial charge on any atom is -0.494 e. The summed E-state index contributed by atoms with van der Waals surface area (Å²) in [5.41, 5.74) is 6.69. The molecule has 0 saturated heterocycles. The molecule has 0 saturated carbocycles. The second-order valence-corrected chi connectivity index (χ2v) is 4.51. The van der Waals surface area contributed by atoms with Crippen molar-refractivity contribution >= 4 is 28.9 Å². The van der Waals surface area contributed by atoms with E-state index in [1.54, 1.807) is 18.2 Å². The SMILES string of the molecule is COc1cc(N)ccc1NC(=O)c1cc(F)cc(Cl)c1. The van der Waals surface area contributed by atoms with Crippen molar-refractivity contribution in [1.29, 1.82) is 0 Å². The van der Waals surface area contributed by atoms with E-state index in [2.05, 4.69) is 5.32 Å². The zero-order valence-electron chi connectivity index (χ0n) is 10.6. The van der Waals surface area contributed by atoms with Gasteiger partial charge in [0.25, 0.3) is 5.91 Å². The smallest absolute Gasteiger partial charge is 0.255 e. The highest BCUT2D eigenvalue weighted by molar-refractivity contribution is 6.31. The van der Waals surface area contributed by atoms with Crippen LogP contribution in [-0.2, 0) is 0 Å². The van der Waals surface area contributed by atoms with Crippen LogP contribution >= 0.6 is 11.6 Å². The Morgan fingerprint density at radius 3 is 2.70 bits per heavy atom. The van der Waals surface area contributed by atoms with Crippen LogP contribution in [0.3, 0.4) is 0 Å². The zero-order chi connectivity index (χ0) is 14.7. The Balaban J connectivity index is 2.27. The maximum Gasteiger partial charge on any atom is 0.255 e. The van der Waals surface area contributed by atoms with Gasteiger partial charge in [-0.2, -0.15) is 0 Å². The van der Waals surface area contributed by atoms with E-state index in [9.17, 15) is 9.18 Å². The number of carbonyl (C=O) groups is 1. The van der Waals surface area contributed by atoms with Gasteiger partial charge in [-0.25, -0.2) is 4.39 Å². The van der Waals surface area contributed by atoms with Gasteiger partial charge < -0.3 is 15.8 Å². The third-order valence-electron chi connectivity index (χ3n) is 2.60. The monoisotopic (exact) mass is 294 g/mol. The molecule has 0 unspecified atom stereocenters. The molecule has 0 aliphatic heterocycles. The van der Waals surface area contributed by atoms with Crippen LogP contribution in [0.1, 0.15) is 10.4 Å². The van der Waals surface area contributed by atoms with Gasteiger partial charge >= 0.3 is 0 Å². The third-order valence-corrected chi connectivity index (χ3v) is 2.82. The molecule has 0 aliphatic rings. The predicted molar refractivity (Wildman–Crippen MR) is 76.8 cm³/mol. The average Bonchev–Trinajstić information content (AvgIpc) is 2.39. The van der Waals surface area contributed by atoms with Crippen molar-refractivity contribution in [3.8, 4) is 5.75 Å². The van der Waals surface area contributed by atoms with Gasteiger partial charge in [0.2, 0.25) is 0 Å². The fraction of sp³-hybridized carbons (Fsp3) is 0.0714. The molecular formula is C14H12ClFN2O2. The normalized spacial score (nSPS) is 10.2. The molecule has 2 rings (SSSR count). The highest BCUT2D eigenvalue weighted by atomic mass is 35.5. The van der Waals surface area contributed by atoms with Crippen LogP contribution in [0.5, 0.6) is 5.75 Å². The molecule has 2 aromatic carbocycles. The molecular weight excluding hydrogens is 283 g/mol. The van der Waals surface area contributed by atoms with Crippen LogP contribution in [-0.4, -0.2) is 13.0 Å². The molecule has 104 valence electrons. The fourth-order valence-corrected chi connectivity index (χ4v) is 1.91. The highest BCUT2D eigenvalue weighted by Gasteiger charge is 2.11. The van der Waals surface area contributed by atoms with Crippen LogP contribution in [0.4, 0.5) is 15.8 Å². The van der Waals surface area contributed by atoms with E-state index in [1.165, 1.54) is 13.2 Å². The van der Waals surface area contributed by atoms with Crippen molar-refractivity contribution in [3.05, 3.63) is 52.8 Å². The number of nitrogens with two attached hydrogens (primary N) is 1. The van der Waals surface area contributed by atoms with E-state index in [0.717, 1.165) is 12.1 Å². The third kappa shape index (κ3) is 3.19. The van der Waals surface area contributed by atoms with E-state index in [-0.39, 0.29) is 10.6 Å². The number of methoxy groups -OCH3 is 1. The van der Waals surface area contributed by atoms with Crippen LogP contribution < -0.4 is 15.8 Å². The van der Waals surface area contributed by atoms with Gasteiger partial charge in [0, 0.05) is 22.3 Å². The number of benzene rings is 2. The molecule has 6 heteroatoms. The maximum atomic E-state index is 13.2. The molecule has 0 bridgehead atoms. The van der Waals surface area contributed by atoms with E-state index >= 15 is 0 Å². The molecule has 3 N–H and O–H groups in total. The minimum absolute atomic E-state index is 0.119. The molecule has 0 heterocycles. The topological polar surface area (TPSA) is 64.3 Å². The summed E-state index contributed by atoms with van der Waals surface area (Å²) in [6.07, 6.45) is 0. The first-order valence-electron chi connectivity index (χ1n) is 5.70. The molecule has 20 heavy (non-hydrogen) atoms. The van der Waals surface area contributed by atoms with Crippen LogP contribution in [0.25, 0.3) is 0 Å². The first-order valence-corrected chi connectivity index (χ1v) is 6.08. The van der Waals surface area contributed by atoms with Gasteiger partial charge in [-0.3, -0.25) is 4.79 Å². The molecule has 0 fully saturated rings. The Hall–Kier alpha value is -2.27. The Morgan fingerprint density at radius 2 is 2.05 bits per heavy atom. The second-order valence-electron chi connectivity index (χ2n) is 4.07. The fourth-order valence-electron chi connectivity index (χ4n) is 1.69. The number of ether oxygens (including phenoxy) is 1. The molecule has 4 nitrogen and oxygen atoms in total. The summed E-state index contributed by atoms with van der Waals surface area (Å²) in [6.45, 7) is 0. The lowest BCUT2D eigenvalue weighted by atomic mass is 10.2. The van der Waals surface area contributed by atoms with Crippen molar-refractivity contribution in [2.24, 2.45) is 0 Å². The number of rotatable bonds is 3. The summed E-state index contributed by atoms with van der Waals surface area (Å²) in [5, 5.41) is 2.77. The highest BCUT2D eigenvalue weighted by Crippen LogP contribution is 2.27. The Kier molecular flexibility index (Phi) is 4.10. The molecule has 1 amide bonds. The molecule has 0 atom stereocenters. The summed E-state index contributed by atoms with van der Waals surface area (Å²) in [7, 11) is 1.46. The summed E-state index contributed by atoms with van der Waals surface area (Å²) in [4.78, 5) is 12.0. The molecule has 0 spiro atoms. The molecule has 2 aromatic rings. The van der Waals surface area contributed by atoms with E-state index in [4.69, 9.17) is 22.1 Å². The van der Waals surface area contributed by atoms with Gasteiger partial charge in [-0.05, 0) is 30.3 Å². The van der Waals surface area contributed by atoms with Crippen LogP contribution in [0.15, 0.2) is 36.4 Å². The second kappa shape index (κ2) is 5.79. The summed E-state index contributed by atoms with van der Waals surface area (Å²) in [6, 6.07) is 8.41. The minimum atomic E-state index is -0.577. The Bertz CT molecular complexity index is 641. The van der Waals surface area contributed by atoms with Crippen molar-refractivity contribution in [2.45, 2.75) is 0 Å². The summed E-state index contributed by atoms with van der Waals surface area (Å²) in [5.74, 6) is -0.651. The van der Waals surface area contributed by atoms with Gasteiger partial charge in [-0.15, -0.1) is 0 Å².